The standard InChI is InChI=1S/C20H20F2O2/c21-16-8-2-4-12(18(16)23)10-13-5-1-6-14-11-15-7-3-9-17(22)20(15)24-19(13)14/h2-4,7-9,13-14,19,23H,1,5-6,10-11H2/t13-,14-,19-/m1/s1. The Morgan fingerprint density at radius 3 is 2.71 bits per heavy atom. The van der Waals surface area contributed by atoms with Gasteiger partial charge in [0.15, 0.2) is 23.1 Å². The lowest BCUT2D eigenvalue weighted by atomic mass is 9.72. The second-order valence-electron chi connectivity index (χ2n) is 6.92. The van der Waals surface area contributed by atoms with Gasteiger partial charge in [0.05, 0.1) is 0 Å². The van der Waals surface area contributed by atoms with Gasteiger partial charge in [-0.1, -0.05) is 30.7 Å². The first-order chi connectivity index (χ1) is 11.6. The largest absolute Gasteiger partial charge is 0.505 e. The van der Waals surface area contributed by atoms with E-state index in [1.54, 1.807) is 18.2 Å². The summed E-state index contributed by atoms with van der Waals surface area (Å²) in [5.74, 6) is -0.307. The van der Waals surface area contributed by atoms with Crippen molar-refractivity contribution in [2.45, 2.75) is 38.2 Å². The van der Waals surface area contributed by atoms with E-state index in [4.69, 9.17) is 4.74 Å². The van der Waals surface area contributed by atoms with E-state index in [1.165, 1.54) is 12.1 Å². The van der Waals surface area contributed by atoms with Crippen molar-refractivity contribution in [3.8, 4) is 11.5 Å². The summed E-state index contributed by atoms with van der Waals surface area (Å²) in [6, 6.07) is 9.70. The number of fused-ring (bicyclic) bond motifs is 2. The maximum Gasteiger partial charge on any atom is 0.165 e. The number of aromatic hydroxyl groups is 1. The van der Waals surface area contributed by atoms with Crippen LogP contribution < -0.4 is 4.74 Å². The van der Waals surface area contributed by atoms with Crippen molar-refractivity contribution in [2.75, 3.05) is 0 Å². The molecule has 0 saturated heterocycles. The number of halogens is 2. The fourth-order valence-electron chi connectivity index (χ4n) is 4.26. The van der Waals surface area contributed by atoms with Crippen LogP contribution in [0.4, 0.5) is 8.78 Å². The summed E-state index contributed by atoms with van der Waals surface area (Å²) in [5, 5.41) is 9.95. The molecular weight excluding hydrogens is 310 g/mol. The van der Waals surface area contributed by atoms with Gasteiger partial charge in [0.2, 0.25) is 0 Å². The van der Waals surface area contributed by atoms with Crippen LogP contribution in [0.5, 0.6) is 11.5 Å². The molecule has 24 heavy (non-hydrogen) atoms. The first-order valence-electron chi connectivity index (χ1n) is 8.54. The van der Waals surface area contributed by atoms with Crippen LogP contribution in [0.3, 0.4) is 0 Å². The number of ether oxygens (including phenoxy) is 1. The van der Waals surface area contributed by atoms with E-state index in [2.05, 4.69) is 0 Å². The van der Waals surface area contributed by atoms with Gasteiger partial charge in [0.25, 0.3) is 0 Å². The van der Waals surface area contributed by atoms with Crippen LogP contribution >= 0.6 is 0 Å². The molecule has 2 nitrogen and oxygen atoms in total. The highest BCUT2D eigenvalue weighted by Gasteiger charge is 2.39. The molecule has 1 aliphatic heterocycles. The summed E-state index contributed by atoms with van der Waals surface area (Å²) >= 11 is 0. The Balaban J connectivity index is 1.61. The lowest BCUT2D eigenvalue weighted by Gasteiger charge is -2.42. The minimum atomic E-state index is -0.596. The summed E-state index contributed by atoms with van der Waals surface area (Å²) in [7, 11) is 0. The molecule has 1 heterocycles. The van der Waals surface area contributed by atoms with E-state index in [-0.39, 0.29) is 23.6 Å². The molecule has 0 unspecified atom stereocenters. The molecule has 0 spiro atoms. The lowest BCUT2D eigenvalue weighted by molar-refractivity contribution is 0.0209. The highest BCUT2D eigenvalue weighted by Crippen LogP contribution is 2.43. The number of phenolic OH excluding ortho intramolecular Hbond substituents is 1. The Morgan fingerprint density at radius 1 is 1.04 bits per heavy atom. The number of para-hydroxylation sites is 2. The fourth-order valence-corrected chi connectivity index (χ4v) is 4.26. The SMILES string of the molecule is Oc1c(F)cccc1C[C@H]1CCC[C@@H]2Cc3cccc(F)c3O[C@H]12. The van der Waals surface area contributed by atoms with E-state index >= 15 is 0 Å². The Labute approximate surface area is 140 Å². The molecule has 2 aliphatic rings. The number of rotatable bonds is 2. The number of hydrogen-bond donors (Lipinski definition) is 1. The van der Waals surface area contributed by atoms with E-state index in [0.717, 1.165) is 31.2 Å². The fraction of sp³-hybridized carbons (Fsp3) is 0.400. The van der Waals surface area contributed by atoms with Gasteiger partial charge < -0.3 is 9.84 Å². The van der Waals surface area contributed by atoms with E-state index in [0.29, 0.717) is 23.7 Å². The van der Waals surface area contributed by atoms with Crippen LogP contribution in [-0.2, 0) is 12.8 Å². The molecule has 0 aromatic heterocycles. The van der Waals surface area contributed by atoms with Crippen LogP contribution in [0.15, 0.2) is 36.4 Å². The van der Waals surface area contributed by atoms with E-state index < -0.39 is 5.82 Å². The predicted octanol–water partition coefficient (Wildman–Crippen LogP) is 4.63. The average molecular weight is 330 g/mol. The topological polar surface area (TPSA) is 29.5 Å². The Morgan fingerprint density at radius 2 is 1.83 bits per heavy atom. The van der Waals surface area contributed by atoms with Gasteiger partial charge in [-0.3, -0.25) is 0 Å². The van der Waals surface area contributed by atoms with Gasteiger partial charge in [0, 0.05) is 11.8 Å². The normalized spacial score (nSPS) is 25.5. The van der Waals surface area contributed by atoms with Gasteiger partial charge in [-0.2, -0.15) is 0 Å². The van der Waals surface area contributed by atoms with E-state index in [1.807, 2.05) is 6.07 Å². The molecule has 0 radical (unpaired) electrons. The molecule has 0 bridgehead atoms. The number of benzene rings is 2. The summed E-state index contributed by atoms with van der Waals surface area (Å²) in [6.45, 7) is 0. The minimum Gasteiger partial charge on any atom is -0.505 e. The first kappa shape index (κ1) is 15.4. The van der Waals surface area contributed by atoms with Crippen molar-refractivity contribution >= 4 is 0 Å². The molecule has 126 valence electrons. The van der Waals surface area contributed by atoms with Gasteiger partial charge in [-0.25, -0.2) is 8.78 Å². The Hall–Kier alpha value is -2.10. The molecule has 4 rings (SSSR count). The summed E-state index contributed by atoms with van der Waals surface area (Å²) in [6.07, 6.45) is 4.38. The van der Waals surface area contributed by atoms with Crippen molar-refractivity contribution in [1.29, 1.82) is 0 Å². The van der Waals surface area contributed by atoms with Gasteiger partial charge in [0.1, 0.15) is 6.10 Å². The van der Waals surface area contributed by atoms with Gasteiger partial charge in [-0.05, 0) is 48.9 Å². The minimum absolute atomic E-state index is 0.0779. The zero-order valence-corrected chi connectivity index (χ0v) is 13.3. The average Bonchev–Trinajstić information content (AvgIpc) is 2.58. The Bertz CT molecular complexity index is 759. The molecular formula is C20H20F2O2. The third-order valence-corrected chi connectivity index (χ3v) is 5.42. The highest BCUT2D eigenvalue weighted by atomic mass is 19.1. The lowest BCUT2D eigenvalue weighted by Crippen LogP contribution is -2.43. The summed E-state index contributed by atoms with van der Waals surface area (Å²) < 4.78 is 33.7. The smallest absolute Gasteiger partial charge is 0.165 e. The molecule has 3 atom stereocenters. The molecule has 1 aliphatic carbocycles. The second kappa shape index (κ2) is 6.08. The van der Waals surface area contributed by atoms with Gasteiger partial charge in [-0.15, -0.1) is 0 Å². The zero-order valence-electron chi connectivity index (χ0n) is 13.3. The van der Waals surface area contributed by atoms with Crippen molar-refractivity contribution in [3.05, 3.63) is 59.2 Å². The van der Waals surface area contributed by atoms with Crippen LogP contribution in [0.2, 0.25) is 0 Å². The molecule has 1 N–H and O–H groups in total. The molecule has 2 aromatic rings. The first-order valence-corrected chi connectivity index (χ1v) is 8.54. The second-order valence-corrected chi connectivity index (χ2v) is 6.92. The summed E-state index contributed by atoms with van der Waals surface area (Å²) in [5.41, 5.74) is 1.54. The van der Waals surface area contributed by atoms with Crippen LogP contribution in [0.25, 0.3) is 0 Å². The maximum absolute atomic E-state index is 14.1. The number of phenols is 1. The van der Waals surface area contributed by atoms with Crippen molar-refractivity contribution in [3.63, 3.8) is 0 Å². The molecule has 0 amide bonds. The molecule has 4 heteroatoms. The van der Waals surface area contributed by atoms with Gasteiger partial charge >= 0.3 is 0 Å². The molecule has 2 aromatic carbocycles. The number of hydrogen-bond acceptors (Lipinski definition) is 2. The monoisotopic (exact) mass is 330 g/mol. The van der Waals surface area contributed by atoms with Crippen LogP contribution in [0, 0.1) is 23.5 Å². The van der Waals surface area contributed by atoms with Crippen molar-refractivity contribution < 1.29 is 18.6 Å². The summed E-state index contributed by atoms with van der Waals surface area (Å²) in [4.78, 5) is 0. The quantitative estimate of drug-likeness (QED) is 0.870. The van der Waals surface area contributed by atoms with Crippen LogP contribution in [0.1, 0.15) is 30.4 Å². The predicted molar refractivity (Wildman–Crippen MR) is 87.1 cm³/mol. The zero-order chi connectivity index (χ0) is 16.7. The molecule has 1 saturated carbocycles. The van der Waals surface area contributed by atoms with E-state index in [9.17, 15) is 13.9 Å². The van der Waals surface area contributed by atoms with Crippen molar-refractivity contribution in [1.82, 2.24) is 0 Å². The third-order valence-electron chi connectivity index (χ3n) is 5.42. The molecule has 1 fully saturated rings. The third kappa shape index (κ3) is 2.64. The Kier molecular flexibility index (Phi) is 3.91. The highest BCUT2D eigenvalue weighted by molar-refractivity contribution is 5.38. The maximum atomic E-state index is 14.1. The van der Waals surface area contributed by atoms with Crippen LogP contribution in [-0.4, -0.2) is 11.2 Å². The van der Waals surface area contributed by atoms with Crippen molar-refractivity contribution in [2.24, 2.45) is 11.8 Å².